The predicted octanol–water partition coefficient (Wildman–Crippen LogP) is 1.79. The van der Waals surface area contributed by atoms with Gasteiger partial charge in [0.15, 0.2) is 0 Å². The first-order valence-corrected chi connectivity index (χ1v) is 7.50. The fourth-order valence-electron chi connectivity index (χ4n) is 3.26. The lowest BCUT2D eigenvalue weighted by Gasteiger charge is -2.37. The zero-order chi connectivity index (χ0) is 13.1. The lowest BCUT2D eigenvalue weighted by Crippen LogP contribution is -2.49. The molecule has 0 radical (unpaired) electrons. The monoisotopic (exact) mass is 260 g/mol. The zero-order valence-corrected chi connectivity index (χ0v) is 11.8. The molecule has 0 amide bonds. The van der Waals surface area contributed by atoms with Crippen molar-refractivity contribution in [3.63, 3.8) is 0 Å². The van der Waals surface area contributed by atoms with Gasteiger partial charge in [0, 0.05) is 45.0 Å². The number of fused-ring (bicyclic) bond motifs is 1. The summed E-state index contributed by atoms with van der Waals surface area (Å²) in [5.74, 6) is 0.979. The summed E-state index contributed by atoms with van der Waals surface area (Å²) in [7, 11) is 0. The van der Waals surface area contributed by atoms with Crippen LogP contribution in [0.25, 0.3) is 0 Å². The largest absolute Gasteiger partial charge is 0.370 e. The van der Waals surface area contributed by atoms with E-state index in [1.54, 1.807) is 0 Å². The number of rotatable bonds is 4. The van der Waals surface area contributed by atoms with Crippen LogP contribution >= 0.6 is 0 Å². The maximum Gasteiger partial charge on any atom is 0.125 e. The van der Waals surface area contributed by atoms with E-state index in [-0.39, 0.29) is 0 Å². The van der Waals surface area contributed by atoms with Crippen molar-refractivity contribution >= 4 is 5.82 Å². The molecule has 1 aromatic heterocycles. The van der Waals surface area contributed by atoms with E-state index < -0.39 is 0 Å². The van der Waals surface area contributed by atoms with Crippen molar-refractivity contribution in [2.24, 2.45) is 0 Å². The Morgan fingerprint density at radius 1 is 1.32 bits per heavy atom. The van der Waals surface area contributed by atoms with Crippen LogP contribution in [0.15, 0.2) is 18.3 Å². The first kappa shape index (κ1) is 12.9. The molecule has 1 N–H and O–H groups in total. The molecule has 3 heterocycles. The molecule has 19 heavy (non-hydrogen) atoms. The van der Waals surface area contributed by atoms with Crippen molar-refractivity contribution in [1.29, 1.82) is 0 Å². The van der Waals surface area contributed by atoms with Gasteiger partial charge in [-0.25, -0.2) is 4.98 Å². The van der Waals surface area contributed by atoms with Gasteiger partial charge < -0.3 is 5.32 Å². The Morgan fingerprint density at radius 3 is 3.05 bits per heavy atom. The van der Waals surface area contributed by atoms with Gasteiger partial charge in [0.05, 0.1) is 0 Å². The van der Waals surface area contributed by atoms with Gasteiger partial charge in [-0.05, 0) is 37.9 Å². The Hall–Kier alpha value is -1.13. The molecule has 2 fully saturated rings. The number of nitrogens with one attached hydrogen (secondary N) is 1. The maximum atomic E-state index is 4.45. The first-order chi connectivity index (χ1) is 9.35. The van der Waals surface area contributed by atoms with E-state index in [1.807, 2.05) is 6.20 Å². The summed E-state index contributed by atoms with van der Waals surface area (Å²) in [4.78, 5) is 9.69. The van der Waals surface area contributed by atoms with Gasteiger partial charge in [-0.15, -0.1) is 0 Å². The van der Waals surface area contributed by atoms with Crippen molar-refractivity contribution < 1.29 is 0 Å². The van der Waals surface area contributed by atoms with Crippen molar-refractivity contribution in [2.75, 3.05) is 38.0 Å². The summed E-state index contributed by atoms with van der Waals surface area (Å²) in [5.41, 5.74) is 1.33. The second-order valence-corrected chi connectivity index (χ2v) is 5.65. The molecule has 2 aliphatic rings. The van der Waals surface area contributed by atoms with Gasteiger partial charge in [-0.2, -0.15) is 0 Å². The van der Waals surface area contributed by atoms with Crippen LogP contribution in [0.4, 0.5) is 5.82 Å². The summed E-state index contributed by atoms with van der Waals surface area (Å²) >= 11 is 0. The van der Waals surface area contributed by atoms with Crippen molar-refractivity contribution in [1.82, 2.24) is 14.8 Å². The third-order valence-corrected chi connectivity index (χ3v) is 4.26. The molecule has 1 aromatic rings. The topological polar surface area (TPSA) is 31.4 Å². The average Bonchev–Trinajstić information content (AvgIpc) is 2.89. The van der Waals surface area contributed by atoms with E-state index in [9.17, 15) is 0 Å². The summed E-state index contributed by atoms with van der Waals surface area (Å²) in [6.07, 6.45) is 4.78. The highest BCUT2D eigenvalue weighted by atomic mass is 15.3. The molecule has 2 aliphatic heterocycles. The summed E-state index contributed by atoms with van der Waals surface area (Å²) in [6.45, 7) is 9.06. The smallest absolute Gasteiger partial charge is 0.125 e. The van der Waals surface area contributed by atoms with E-state index in [0.717, 1.165) is 24.9 Å². The van der Waals surface area contributed by atoms with Crippen LogP contribution in [0.3, 0.4) is 0 Å². The van der Waals surface area contributed by atoms with Crippen LogP contribution in [0.1, 0.15) is 25.3 Å². The summed E-state index contributed by atoms with van der Waals surface area (Å²) < 4.78 is 0. The number of piperazine rings is 1. The highest BCUT2D eigenvalue weighted by Gasteiger charge is 2.30. The molecular weight excluding hydrogens is 236 g/mol. The van der Waals surface area contributed by atoms with Crippen LogP contribution in [0.5, 0.6) is 0 Å². The second kappa shape index (κ2) is 5.88. The molecule has 1 unspecified atom stereocenters. The Morgan fingerprint density at radius 2 is 2.26 bits per heavy atom. The minimum absolute atomic E-state index is 0.808. The van der Waals surface area contributed by atoms with Gasteiger partial charge in [0.2, 0.25) is 0 Å². The molecule has 4 nitrogen and oxygen atoms in total. The number of nitrogens with zero attached hydrogens (tertiary/aromatic N) is 3. The number of aromatic nitrogens is 1. The predicted molar refractivity (Wildman–Crippen MR) is 78.3 cm³/mol. The lowest BCUT2D eigenvalue weighted by molar-refractivity contribution is 0.0993. The lowest BCUT2D eigenvalue weighted by atomic mass is 10.1. The Balaban J connectivity index is 1.56. The van der Waals surface area contributed by atoms with Gasteiger partial charge >= 0.3 is 0 Å². The Labute approximate surface area is 115 Å². The van der Waals surface area contributed by atoms with Crippen LogP contribution < -0.4 is 5.32 Å². The normalized spacial score (nSPS) is 24.4. The molecule has 3 rings (SSSR count). The van der Waals surface area contributed by atoms with Crippen molar-refractivity contribution in [3.05, 3.63) is 23.9 Å². The maximum absolute atomic E-state index is 4.45. The third kappa shape index (κ3) is 3.07. The average molecular weight is 260 g/mol. The number of anilines is 1. The van der Waals surface area contributed by atoms with Crippen LogP contribution in [0.2, 0.25) is 0 Å². The molecule has 0 spiro atoms. The fraction of sp³-hybridized carbons (Fsp3) is 0.667. The van der Waals surface area contributed by atoms with E-state index in [0.29, 0.717) is 0 Å². The van der Waals surface area contributed by atoms with Gasteiger partial charge in [-0.3, -0.25) is 9.80 Å². The first-order valence-electron chi connectivity index (χ1n) is 7.50. The SMILES string of the molecule is CCNc1ccc(CN2CCN3CCCC3C2)cn1. The molecule has 0 bridgehead atoms. The van der Waals surface area contributed by atoms with Crippen molar-refractivity contribution in [2.45, 2.75) is 32.4 Å². The number of pyridine rings is 1. The molecule has 2 saturated heterocycles. The highest BCUT2D eigenvalue weighted by molar-refractivity contribution is 5.35. The highest BCUT2D eigenvalue weighted by Crippen LogP contribution is 2.22. The van der Waals surface area contributed by atoms with Gasteiger partial charge in [0.1, 0.15) is 5.82 Å². The van der Waals surface area contributed by atoms with E-state index in [4.69, 9.17) is 0 Å². The molecular formula is C15H24N4. The van der Waals surface area contributed by atoms with Gasteiger partial charge in [0.25, 0.3) is 0 Å². The number of hydrogen-bond acceptors (Lipinski definition) is 4. The Bertz CT molecular complexity index is 403. The van der Waals surface area contributed by atoms with Crippen LogP contribution in [0, 0.1) is 0 Å². The summed E-state index contributed by atoms with van der Waals surface area (Å²) in [6, 6.07) is 5.10. The standard InChI is InChI=1S/C15H24N4/c1-2-16-15-6-5-13(10-17-15)11-18-8-9-19-7-3-4-14(19)12-18/h5-6,10,14H,2-4,7-9,11-12H2,1H3,(H,16,17). The second-order valence-electron chi connectivity index (χ2n) is 5.65. The number of hydrogen-bond donors (Lipinski definition) is 1. The minimum atomic E-state index is 0.808. The van der Waals surface area contributed by atoms with Crippen molar-refractivity contribution in [3.8, 4) is 0 Å². The molecule has 0 aliphatic carbocycles. The van der Waals surface area contributed by atoms with Gasteiger partial charge in [-0.1, -0.05) is 6.07 Å². The quantitative estimate of drug-likeness (QED) is 0.894. The molecule has 104 valence electrons. The van der Waals surface area contributed by atoms with E-state index in [2.05, 4.69) is 39.2 Å². The molecule has 0 aromatic carbocycles. The van der Waals surface area contributed by atoms with Crippen LogP contribution in [-0.4, -0.2) is 53.5 Å². The molecule has 0 saturated carbocycles. The van der Waals surface area contributed by atoms with Crippen LogP contribution in [-0.2, 0) is 6.54 Å². The minimum Gasteiger partial charge on any atom is -0.370 e. The molecule has 4 heteroatoms. The third-order valence-electron chi connectivity index (χ3n) is 4.26. The van der Waals surface area contributed by atoms with E-state index >= 15 is 0 Å². The van der Waals surface area contributed by atoms with E-state index in [1.165, 1.54) is 44.6 Å². The Kier molecular flexibility index (Phi) is 3.99. The molecule has 1 atom stereocenters. The zero-order valence-electron chi connectivity index (χ0n) is 11.8. The summed E-state index contributed by atoms with van der Waals surface area (Å²) in [5, 5.41) is 3.24. The fourth-order valence-corrected chi connectivity index (χ4v) is 3.26.